The molecule has 1 saturated carbocycles. The summed E-state index contributed by atoms with van der Waals surface area (Å²) in [6.07, 6.45) is 1.04. The van der Waals surface area contributed by atoms with Crippen LogP contribution in [0.15, 0.2) is 0 Å². The van der Waals surface area contributed by atoms with E-state index in [0.717, 1.165) is 6.42 Å². The summed E-state index contributed by atoms with van der Waals surface area (Å²) in [5.74, 6) is 0.0278. The molecule has 0 aromatic heterocycles. The average molecular weight is 212 g/mol. The van der Waals surface area contributed by atoms with Crippen molar-refractivity contribution in [3.05, 3.63) is 0 Å². The zero-order valence-corrected chi connectivity index (χ0v) is 7.45. The third-order valence-corrected chi connectivity index (χ3v) is 1.93. The molecule has 0 spiro atoms. The van der Waals surface area contributed by atoms with Crippen LogP contribution in [0.2, 0.25) is 0 Å². The molecule has 1 aliphatic carbocycles. The fourth-order valence-electron chi connectivity index (χ4n) is 1.34. The second-order valence-corrected chi connectivity index (χ2v) is 2.74. The number of rotatable bonds is 1. The van der Waals surface area contributed by atoms with Crippen LogP contribution in [-0.4, -0.2) is 29.0 Å². The lowest BCUT2D eigenvalue weighted by atomic mass is 10.1. The maximum Gasteiger partial charge on any atom is 0.0605 e. The van der Waals surface area contributed by atoms with Crippen molar-refractivity contribution in [2.24, 2.45) is 11.7 Å². The molecule has 10 heavy (non-hydrogen) atoms. The van der Waals surface area contributed by atoms with Gasteiger partial charge in [-0.2, -0.15) is 0 Å². The van der Waals surface area contributed by atoms with Crippen molar-refractivity contribution in [1.29, 1.82) is 0 Å². The molecule has 0 radical (unpaired) electrons. The van der Waals surface area contributed by atoms with Gasteiger partial charge in [0.15, 0.2) is 0 Å². The van der Waals surface area contributed by atoms with Gasteiger partial charge in [-0.3, -0.25) is 0 Å². The number of hydrogen-bond donors (Lipinski definition) is 3. The summed E-state index contributed by atoms with van der Waals surface area (Å²) >= 11 is 0. The molecule has 0 heterocycles. The quantitative estimate of drug-likeness (QED) is 0.556. The molecule has 0 aromatic rings. The number of nitrogens with two attached hydrogens (primary N) is 1. The molecule has 3 nitrogen and oxygen atoms in total. The SMILES string of the molecule is Br.NC1CC(O)C(CO)C1. The van der Waals surface area contributed by atoms with E-state index in [1.165, 1.54) is 0 Å². The number of aliphatic hydroxyl groups is 2. The molecule has 0 aromatic carbocycles. The van der Waals surface area contributed by atoms with Gasteiger partial charge in [-0.25, -0.2) is 0 Å². The summed E-state index contributed by atoms with van der Waals surface area (Å²) in [5.41, 5.74) is 5.52. The maximum absolute atomic E-state index is 9.12. The molecule has 3 atom stereocenters. The highest BCUT2D eigenvalue weighted by molar-refractivity contribution is 8.93. The Bertz CT molecular complexity index is 102. The Kier molecular flexibility index (Phi) is 4.44. The summed E-state index contributed by atoms with van der Waals surface area (Å²) in [5, 5.41) is 17.8. The van der Waals surface area contributed by atoms with Crippen LogP contribution in [0, 0.1) is 5.92 Å². The van der Waals surface area contributed by atoms with E-state index in [-0.39, 0.29) is 41.7 Å². The van der Waals surface area contributed by atoms with Crippen LogP contribution in [0.4, 0.5) is 0 Å². The van der Waals surface area contributed by atoms with E-state index in [2.05, 4.69) is 0 Å². The smallest absolute Gasteiger partial charge is 0.0605 e. The minimum atomic E-state index is -0.370. The Morgan fingerprint density at radius 3 is 2.20 bits per heavy atom. The normalized spacial score (nSPS) is 39.3. The van der Waals surface area contributed by atoms with E-state index in [9.17, 15) is 0 Å². The first kappa shape index (κ1) is 10.4. The molecular weight excluding hydrogens is 198 g/mol. The minimum Gasteiger partial charge on any atom is -0.396 e. The summed E-state index contributed by atoms with van der Waals surface area (Å²) in [4.78, 5) is 0. The van der Waals surface area contributed by atoms with E-state index in [0.29, 0.717) is 6.42 Å². The van der Waals surface area contributed by atoms with Gasteiger partial charge in [-0.05, 0) is 12.8 Å². The molecule has 0 saturated heterocycles. The number of aliphatic hydroxyl groups excluding tert-OH is 2. The lowest BCUT2D eigenvalue weighted by Gasteiger charge is -2.08. The largest absolute Gasteiger partial charge is 0.396 e. The van der Waals surface area contributed by atoms with Crippen LogP contribution < -0.4 is 5.73 Å². The van der Waals surface area contributed by atoms with E-state index < -0.39 is 0 Å². The predicted octanol–water partition coefficient (Wildman–Crippen LogP) is -0.345. The van der Waals surface area contributed by atoms with Gasteiger partial charge in [0.2, 0.25) is 0 Å². The molecule has 62 valence electrons. The molecular formula is C6H14BrNO2. The van der Waals surface area contributed by atoms with Crippen molar-refractivity contribution in [2.75, 3.05) is 6.61 Å². The average Bonchev–Trinajstić information content (AvgIpc) is 2.10. The Hall–Kier alpha value is 0.360. The summed E-state index contributed by atoms with van der Waals surface area (Å²) < 4.78 is 0. The third kappa shape index (κ3) is 2.20. The van der Waals surface area contributed by atoms with E-state index in [4.69, 9.17) is 15.9 Å². The van der Waals surface area contributed by atoms with Crippen molar-refractivity contribution in [1.82, 2.24) is 0 Å². The topological polar surface area (TPSA) is 66.5 Å². The molecule has 1 fully saturated rings. The first-order chi connectivity index (χ1) is 4.24. The number of halogens is 1. The molecule has 1 rings (SSSR count). The van der Waals surface area contributed by atoms with Crippen molar-refractivity contribution in [2.45, 2.75) is 25.0 Å². The van der Waals surface area contributed by atoms with E-state index in [1.807, 2.05) is 0 Å². The van der Waals surface area contributed by atoms with E-state index >= 15 is 0 Å². The second kappa shape index (κ2) is 4.28. The van der Waals surface area contributed by atoms with Crippen molar-refractivity contribution in [3.8, 4) is 0 Å². The highest BCUT2D eigenvalue weighted by Crippen LogP contribution is 2.23. The van der Waals surface area contributed by atoms with Gasteiger partial charge < -0.3 is 15.9 Å². The lowest BCUT2D eigenvalue weighted by molar-refractivity contribution is 0.0908. The molecule has 0 bridgehead atoms. The highest BCUT2D eigenvalue weighted by Gasteiger charge is 2.29. The van der Waals surface area contributed by atoms with Crippen LogP contribution in [0.25, 0.3) is 0 Å². The van der Waals surface area contributed by atoms with Gasteiger partial charge in [0, 0.05) is 18.6 Å². The van der Waals surface area contributed by atoms with Crippen LogP contribution >= 0.6 is 17.0 Å². The zero-order valence-electron chi connectivity index (χ0n) is 5.73. The minimum absolute atomic E-state index is 0. The highest BCUT2D eigenvalue weighted by atomic mass is 79.9. The van der Waals surface area contributed by atoms with Gasteiger partial charge >= 0.3 is 0 Å². The second-order valence-electron chi connectivity index (χ2n) is 2.74. The Morgan fingerprint density at radius 2 is 2.00 bits per heavy atom. The van der Waals surface area contributed by atoms with Gasteiger partial charge in [-0.1, -0.05) is 0 Å². The van der Waals surface area contributed by atoms with Gasteiger partial charge in [-0.15, -0.1) is 17.0 Å². The predicted molar refractivity (Wildman–Crippen MR) is 44.1 cm³/mol. The van der Waals surface area contributed by atoms with Crippen LogP contribution in [0.1, 0.15) is 12.8 Å². The Balaban J connectivity index is 0.000000810. The Morgan fingerprint density at radius 1 is 1.40 bits per heavy atom. The molecule has 0 amide bonds. The molecule has 3 unspecified atom stereocenters. The first-order valence-electron chi connectivity index (χ1n) is 3.28. The fourth-order valence-corrected chi connectivity index (χ4v) is 1.34. The first-order valence-corrected chi connectivity index (χ1v) is 3.28. The molecule has 0 aliphatic heterocycles. The summed E-state index contributed by atoms with van der Waals surface area (Å²) in [7, 11) is 0. The Labute approximate surface area is 71.0 Å². The van der Waals surface area contributed by atoms with Crippen molar-refractivity contribution < 1.29 is 10.2 Å². The molecule has 1 aliphatic rings. The lowest BCUT2D eigenvalue weighted by Crippen LogP contribution is -2.16. The van der Waals surface area contributed by atoms with Crippen LogP contribution in [0.5, 0.6) is 0 Å². The van der Waals surface area contributed by atoms with Gasteiger partial charge in [0.25, 0.3) is 0 Å². The van der Waals surface area contributed by atoms with Crippen molar-refractivity contribution >= 4 is 17.0 Å². The standard InChI is InChI=1S/C6H13NO2.BrH/c7-5-1-4(3-8)6(9)2-5;/h4-6,8-9H,1-3,7H2;1H. The molecule has 4 N–H and O–H groups in total. The van der Waals surface area contributed by atoms with Crippen LogP contribution in [0.3, 0.4) is 0 Å². The summed E-state index contributed by atoms with van der Waals surface area (Å²) in [6, 6.07) is 0.0946. The van der Waals surface area contributed by atoms with Gasteiger partial charge in [0.1, 0.15) is 0 Å². The van der Waals surface area contributed by atoms with Crippen molar-refractivity contribution in [3.63, 3.8) is 0 Å². The van der Waals surface area contributed by atoms with Gasteiger partial charge in [0.05, 0.1) is 6.10 Å². The molecule has 4 heteroatoms. The van der Waals surface area contributed by atoms with Crippen LogP contribution in [-0.2, 0) is 0 Å². The number of hydrogen-bond acceptors (Lipinski definition) is 3. The third-order valence-electron chi connectivity index (χ3n) is 1.93. The fraction of sp³-hybridized carbons (Fsp3) is 1.00. The zero-order chi connectivity index (χ0) is 6.85. The summed E-state index contributed by atoms with van der Waals surface area (Å²) in [6.45, 7) is 0.0644. The monoisotopic (exact) mass is 211 g/mol. The van der Waals surface area contributed by atoms with E-state index in [1.54, 1.807) is 0 Å². The maximum atomic E-state index is 9.12.